The first-order valence-corrected chi connectivity index (χ1v) is 10.9. The molecule has 168 valence electrons. The molecular formula is C24H28N4O4. The van der Waals surface area contributed by atoms with Crippen LogP contribution in [0, 0.1) is 21.4 Å². The van der Waals surface area contributed by atoms with Gasteiger partial charge in [0, 0.05) is 40.7 Å². The first kappa shape index (κ1) is 21.9. The molecule has 2 heterocycles. The number of fused-ring (bicyclic) bond motifs is 2. The molecule has 0 fully saturated rings. The Kier molecular flexibility index (Phi) is 5.48. The van der Waals surface area contributed by atoms with Crippen molar-refractivity contribution < 1.29 is 14.5 Å². The fourth-order valence-electron chi connectivity index (χ4n) is 4.89. The molecule has 0 saturated carbocycles. The van der Waals surface area contributed by atoms with Gasteiger partial charge in [-0.1, -0.05) is 26.0 Å². The van der Waals surface area contributed by atoms with Crippen molar-refractivity contribution in [3.8, 4) is 0 Å². The Morgan fingerprint density at radius 1 is 1.38 bits per heavy atom. The van der Waals surface area contributed by atoms with Crippen LogP contribution in [0.1, 0.15) is 62.4 Å². The number of aromatic nitrogens is 1. The first-order valence-electron chi connectivity index (χ1n) is 10.9. The van der Waals surface area contributed by atoms with Crippen LogP contribution in [-0.2, 0) is 22.4 Å². The Hall–Kier alpha value is -3.29. The first-order chi connectivity index (χ1) is 15.1. The lowest BCUT2D eigenvalue weighted by Gasteiger charge is -2.36. The molecule has 2 N–H and O–H groups in total. The summed E-state index contributed by atoms with van der Waals surface area (Å²) in [7, 11) is 0. The van der Waals surface area contributed by atoms with E-state index < -0.39 is 22.7 Å². The van der Waals surface area contributed by atoms with Crippen LogP contribution in [-0.4, -0.2) is 28.2 Å². The second-order valence-corrected chi connectivity index (χ2v) is 9.34. The summed E-state index contributed by atoms with van der Waals surface area (Å²) in [5.41, 5.74) is 11.2. The van der Waals surface area contributed by atoms with Gasteiger partial charge >= 0.3 is 5.97 Å². The third-order valence-corrected chi connectivity index (χ3v) is 6.50. The number of nitro benzene ring substituents is 1. The summed E-state index contributed by atoms with van der Waals surface area (Å²) in [6.45, 7) is 8.16. The van der Waals surface area contributed by atoms with Crippen LogP contribution in [0.4, 0.5) is 17.2 Å². The summed E-state index contributed by atoms with van der Waals surface area (Å²) in [4.78, 5) is 33.5. The van der Waals surface area contributed by atoms with Crippen LogP contribution in [0.3, 0.4) is 0 Å². The molecule has 0 saturated heterocycles. The number of anilines is 1. The summed E-state index contributed by atoms with van der Waals surface area (Å²) >= 11 is 0. The second-order valence-electron chi connectivity index (χ2n) is 9.34. The lowest BCUT2D eigenvalue weighted by molar-refractivity contribution is -0.384. The van der Waals surface area contributed by atoms with Gasteiger partial charge in [0.05, 0.1) is 11.5 Å². The van der Waals surface area contributed by atoms with E-state index in [1.807, 2.05) is 0 Å². The van der Waals surface area contributed by atoms with Crippen LogP contribution in [0.15, 0.2) is 29.3 Å². The van der Waals surface area contributed by atoms with Crippen LogP contribution in [0.2, 0.25) is 0 Å². The van der Waals surface area contributed by atoms with E-state index in [9.17, 15) is 14.9 Å². The number of rotatable bonds is 4. The predicted molar refractivity (Wildman–Crippen MR) is 122 cm³/mol. The Balaban J connectivity index is 1.97. The van der Waals surface area contributed by atoms with Crippen molar-refractivity contribution >= 4 is 28.9 Å². The number of ether oxygens (including phenoxy) is 1. The zero-order valence-corrected chi connectivity index (χ0v) is 18.8. The molecule has 1 aliphatic heterocycles. The minimum absolute atomic E-state index is 0.0440. The van der Waals surface area contributed by atoms with Gasteiger partial charge in [-0.05, 0) is 49.7 Å². The normalized spacial score (nSPS) is 21.2. The Labute approximate surface area is 187 Å². The second kappa shape index (κ2) is 8.00. The average molecular weight is 437 g/mol. The Morgan fingerprint density at radius 2 is 2.12 bits per heavy atom. The number of nitro groups is 1. The number of aryl methyl sites for hydroxylation is 1. The number of aliphatic imine (C=N–C) groups is 1. The molecule has 0 bridgehead atoms. The largest absolute Gasteiger partial charge is 0.465 e. The number of nitrogens with two attached hydrogens (primary N) is 1. The molecule has 2 unspecified atom stereocenters. The van der Waals surface area contributed by atoms with Crippen molar-refractivity contribution in [2.24, 2.45) is 16.3 Å². The lowest BCUT2D eigenvalue weighted by Crippen LogP contribution is -2.35. The zero-order chi connectivity index (χ0) is 23.2. The maximum absolute atomic E-state index is 13.0. The summed E-state index contributed by atoms with van der Waals surface area (Å²) in [6.07, 6.45) is 2.60. The predicted octanol–water partition coefficient (Wildman–Crippen LogP) is 4.50. The number of nitrogens with zero attached hydrogens (tertiary/aromatic N) is 3. The smallest absolute Gasteiger partial charge is 0.315 e. The fraction of sp³-hybridized carbons (Fsp3) is 0.458. The van der Waals surface area contributed by atoms with Gasteiger partial charge in [-0.15, -0.1) is 0 Å². The molecule has 2 aromatic rings. The minimum atomic E-state index is -0.733. The number of non-ortho nitro benzene ring substituents is 1. The van der Waals surface area contributed by atoms with Crippen LogP contribution in [0.25, 0.3) is 0 Å². The maximum Gasteiger partial charge on any atom is 0.315 e. The van der Waals surface area contributed by atoms with Gasteiger partial charge in [-0.3, -0.25) is 14.9 Å². The van der Waals surface area contributed by atoms with E-state index in [4.69, 9.17) is 15.5 Å². The maximum atomic E-state index is 13.0. The summed E-state index contributed by atoms with van der Waals surface area (Å²) < 4.78 is 5.37. The third-order valence-electron chi connectivity index (χ3n) is 6.50. The topological polar surface area (TPSA) is 121 Å². The number of hydrogen-bond acceptors (Lipinski definition) is 7. The molecule has 4 rings (SSSR count). The molecule has 32 heavy (non-hydrogen) atoms. The van der Waals surface area contributed by atoms with Gasteiger partial charge in [0.25, 0.3) is 5.69 Å². The SMILES string of the molecule is CCOC(=O)C1C(C)=Nc2nc3c(c(N)c2C1c1cccc([N+](=O)[O-])c1)CC(C)(C)CC3. The van der Waals surface area contributed by atoms with E-state index in [-0.39, 0.29) is 17.7 Å². The average Bonchev–Trinajstić information content (AvgIpc) is 2.73. The highest BCUT2D eigenvalue weighted by Crippen LogP contribution is 2.49. The number of nitrogen functional groups attached to an aromatic ring is 1. The van der Waals surface area contributed by atoms with Gasteiger partial charge in [0.2, 0.25) is 0 Å². The van der Waals surface area contributed by atoms with Crippen LogP contribution < -0.4 is 5.73 Å². The summed E-state index contributed by atoms with van der Waals surface area (Å²) in [5, 5.41) is 11.4. The van der Waals surface area contributed by atoms with Gasteiger partial charge in [0.1, 0.15) is 5.92 Å². The Bertz CT molecular complexity index is 1140. The van der Waals surface area contributed by atoms with Crippen molar-refractivity contribution in [2.45, 2.75) is 52.9 Å². The zero-order valence-electron chi connectivity index (χ0n) is 18.8. The number of pyridine rings is 1. The lowest BCUT2D eigenvalue weighted by atomic mass is 9.72. The monoisotopic (exact) mass is 436 g/mol. The summed E-state index contributed by atoms with van der Waals surface area (Å²) in [6, 6.07) is 6.35. The van der Waals surface area contributed by atoms with Gasteiger partial charge < -0.3 is 10.5 Å². The van der Waals surface area contributed by atoms with Gasteiger partial charge in [-0.25, -0.2) is 9.98 Å². The molecule has 0 amide bonds. The van der Waals surface area contributed by atoms with E-state index in [1.54, 1.807) is 26.0 Å². The van der Waals surface area contributed by atoms with E-state index >= 15 is 0 Å². The molecule has 1 aromatic heterocycles. The summed E-state index contributed by atoms with van der Waals surface area (Å²) in [5.74, 6) is -1.23. The minimum Gasteiger partial charge on any atom is -0.465 e. The van der Waals surface area contributed by atoms with Crippen LogP contribution >= 0.6 is 0 Å². The molecule has 2 aliphatic rings. The van der Waals surface area contributed by atoms with E-state index in [1.165, 1.54) is 12.1 Å². The number of esters is 1. The van der Waals surface area contributed by atoms with Crippen molar-refractivity contribution in [3.05, 3.63) is 56.8 Å². The van der Waals surface area contributed by atoms with E-state index in [0.29, 0.717) is 28.3 Å². The molecule has 2 atom stereocenters. The van der Waals surface area contributed by atoms with Gasteiger partial charge in [-0.2, -0.15) is 0 Å². The van der Waals surface area contributed by atoms with Crippen molar-refractivity contribution in [1.29, 1.82) is 0 Å². The molecule has 0 spiro atoms. The number of benzene rings is 1. The molecular weight excluding hydrogens is 408 g/mol. The van der Waals surface area contributed by atoms with E-state index in [0.717, 1.165) is 30.5 Å². The molecule has 0 radical (unpaired) electrons. The van der Waals surface area contributed by atoms with Gasteiger partial charge in [0.15, 0.2) is 5.82 Å². The highest BCUT2D eigenvalue weighted by atomic mass is 16.6. The standard InChI is InChI=1S/C24H28N4O4/c1-5-32-23(29)18-13(2)26-22-20(19(18)14-7-6-8-15(11-14)28(30)31)21(25)16-12-24(3,4)10-9-17(16)27-22/h6-8,11,18-19H,5,9-10,12H2,1-4H3,(H2,25,27). The quantitative estimate of drug-likeness (QED) is 0.428. The number of carbonyl (C=O) groups excluding carboxylic acids is 1. The van der Waals surface area contributed by atoms with Crippen LogP contribution in [0.5, 0.6) is 0 Å². The number of carbonyl (C=O) groups is 1. The van der Waals surface area contributed by atoms with Crippen molar-refractivity contribution in [1.82, 2.24) is 4.98 Å². The highest BCUT2D eigenvalue weighted by molar-refractivity contribution is 6.05. The molecule has 1 aromatic carbocycles. The van der Waals surface area contributed by atoms with Crippen molar-refractivity contribution in [2.75, 3.05) is 12.3 Å². The molecule has 8 nitrogen and oxygen atoms in total. The Morgan fingerprint density at radius 3 is 2.81 bits per heavy atom. The third kappa shape index (κ3) is 3.74. The number of hydrogen-bond donors (Lipinski definition) is 1. The van der Waals surface area contributed by atoms with E-state index in [2.05, 4.69) is 18.8 Å². The highest BCUT2D eigenvalue weighted by Gasteiger charge is 2.42. The fourth-order valence-corrected chi connectivity index (χ4v) is 4.89. The molecule has 8 heteroatoms. The van der Waals surface area contributed by atoms with Crippen molar-refractivity contribution in [3.63, 3.8) is 0 Å². The molecule has 1 aliphatic carbocycles.